The molecule has 1 atom stereocenters. The molecule has 4 rings (SSSR count). The fourth-order valence-corrected chi connectivity index (χ4v) is 6.13. The Morgan fingerprint density at radius 1 is 1.27 bits per heavy atom. The molecule has 1 unspecified atom stereocenters. The molecule has 9 heteroatoms. The highest BCUT2D eigenvalue weighted by Gasteiger charge is 2.51. The highest BCUT2D eigenvalue weighted by molar-refractivity contribution is 6.33. The van der Waals surface area contributed by atoms with Crippen LogP contribution in [0.5, 0.6) is 0 Å². The Kier molecular flexibility index (Phi) is 9.56. The summed E-state index contributed by atoms with van der Waals surface area (Å²) in [7, 11) is 3.75. The second-order valence-corrected chi connectivity index (χ2v) is 11.1. The lowest BCUT2D eigenvalue weighted by atomic mass is 9.56. The third-order valence-electron chi connectivity index (χ3n) is 7.28. The number of nitrogens with zero attached hydrogens (tertiary/aromatic N) is 2. The van der Waals surface area contributed by atoms with Crippen LogP contribution in [0.4, 0.5) is 4.39 Å². The maximum Gasteiger partial charge on any atom is 0.152 e. The third kappa shape index (κ3) is 6.61. The topological polar surface area (TPSA) is 109 Å². The fraction of sp³-hybridized carbons (Fsp3) is 0.500. The number of halogens is 2. The first kappa shape index (κ1) is 28.9. The normalized spacial score (nSPS) is 17.2. The van der Waals surface area contributed by atoms with Crippen LogP contribution in [0, 0.1) is 39.3 Å². The highest BCUT2D eigenvalue weighted by Crippen LogP contribution is 2.53. The van der Waals surface area contributed by atoms with E-state index in [2.05, 4.69) is 17.1 Å². The van der Waals surface area contributed by atoms with Gasteiger partial charge >= 0.3 is 0 Å². The van der Waals surface area contributed by atoms with Crippen molar-refractivity contribution in [2.75, 3.05) is 33.7 Å². The zero-order valence-corrected chi connectivity index (χ0v) is 22.9. The number of benzene rings is 1. The molecular formula is C28H38ClFN6O. The van der Waals surface area contributed by atoms with Crippen molar-refractivity contribution in [1.29, 1.82) is 16.2 Å². The molecule has 200 valence electrons. The lowest BCUT2D eigenvalue weighted by Crippen LogP contribution is -2.63. The standard InChI is InChI=1S/C26H31ClFN5O.C2H7N/c1-16(5-20-7-25(31)33(17(2)30)12-24(20)28)11-32-14-26(15-32)8-18(9-26)6-19-3-4-23(27)22(13-34)21(19)10-29;1-3-2/h3-4,7,10,12-13,16,18,29-31H,5-6,8-9,11,14-15H2,1-2H3;3H,1-2H3. The highest BCUT2D eigenvalue weighted by atomic mass is 35.5. The fourth-order valence-electron chi connectivity index (χ4n) is 5.92. The number of carbonyl (C=O) groups is 1. The van der Waals surface area contributed by atoms with Crippen LogP contribution < -0.4 is 10.8 Å². The Morgan fingerprint density at radius 2 is 1.92 bits per heavy atom. The van der Waals surface area contributed by atoms with E-state index in [1.54, 1.807) is 6.07 Å². The predicted molar refractivity (Wildman–Crippen MR) is 147 cm³/mol. The zero-order valence-electron chi connectivity index (χ0n) is 22.1. The predicted octanol–water partition coefficient (Wildman–Crippen LogP) is 4.38. The van der Waals surface area contributed by atoms with Crippen LogP contribution >= 0.6 is 11.6 Å². The molecule has 2 fully saturated rings. The maximum absolute atomic E-state index is 14.5. The number of hydrogen-bond donors (Lipinski definition) is 4. The molecule has 1 aromatic heterocycles. The second-order valence-electron chi connectivity index (χ2n) is 10.7. The molecule has 7 nitrogen and oxygen atoms in total. The van der Waals surface area contributed by atoms with E-state index >= 15 is 0 Å². The van der Waals surface area contributed by atoms with E-state index in [1.165, 1.54) is 30.0 Å². The number of hydrogen-bond acceptors (Lipinski definition) is 6. The molecular weight excluding hydrogens is 491 g/mol. The number of nitrogens with one attached hydrogen (secondary N) is 4. The summed E-state index contributed by atoms with van der Waals surface area (Å²) in [6.45, 7) is 6.66. The summed E-state index contributed by atoms with van der Waals surface area (Å²) in [5, 5.41) is 26.5. The summed E-state index contributed by atoms with van der Waals surface area (Å²) in [4.78, 5) is 13.8. The average Bonchev–Trinajstić information content (AvgIpc) is 2.79. The molecule has 2 heterocycles. The van der Waals surface area contributed by atoms with Crippen molar-refractivity contribution in [3.05, 3.63) is 63.0 Å². The minimum atomic E-state index is -0.361. The largest absolute Gasteiger partial charge is 0.323 e. The molecule has 0 radical (unpaired) electrons. The molecule has 37 heavy (non-hydrogen) atoms. The Hall–Kier alpha value is -2.68. The number of rotatable bonds is 8. The molecule has 4 N–H and O–H groups in total. The van der Waals surface area contributed by atoms with Gasteiger partial charge in [0.1, 0.15) is 17.1 Å². The van der Waals surface area contributed by atoms with Gasteiger partial charge in [-0.25, -0.2) is 4.39 Å². The summed E-state index contributed by atoms with van der Waals surface area (Å²) >= 11 is 6.11. The lowest BCUT2D eigenvalue weighted by Gasteiger charge is -2.60. The third-order valence-corrected chi connectivity index (χ3v) is 7.61. The van der Waals surface area contributed by atoms with E-state index in [0.717, 1.165) is 50.7 Å². The summed E-state index contributed by atoms with van der Waals surface area (Å²) in [5.41, 5.74) is 3.10. The van der Waals surface area contributed by atoms with Gasteiger partial charge in [-0.1, -0.05) is 24.6 Å². The van der Waals surface area contributed by atoms with Gasteiger partial charge in [0, 0.05) is 43.2 Å². The number of aldehydes is 1. The summed E-state index contributed by atoms with van der Waals surface area (Å²) in [6.07, 6.45) is 6.93. The van der Waals surface area contributed by atoms with Gasteiger partial charge < -0.3 is 15.6 Å². The molecule has 0 bridgehead atoms. The molecule has 1 aromatic carbocycles. The molecule has 1 aliphatic carbocycles. The van der Waals surface area contributed by atoms with Crippen molar-refractivity contribution in [2.45, 2.75) is 39.5 Å². The van der Waals surface area contributed by atoms with Gasteiger partial charge in [-0.15, -0.1) is 0 Å². The van der Waals surface area contributed by atoms with E-state index in [-0.39, 0.29) is 23.1 Å². The minimum absolute atomic E-state index is 0.127. The van der Waals surface area contributed by atoms with Gasteiger partial charge in [-0.2, -0.15) is 0 Å². The number of likely N-dealkylation sites (tertiary alicyclic amines) is 1. The van der Waals surface area contributed by atoms with E-state index in [4.69, 9.17) is 27.8 Å². The van der Waals surface area contributed by atoms with Crippen molar-refractivity contribution in [2.24, 2.45) is 17.3 Å². The van der Waals surface area contributed by atoms with Crippen LogP contribution in [-0.2, 0) is 12.8 Å². The van der Waals surface area contributed by atoms with Gasteiger partial charge in [-0.05, 0) is 87.2 Å². The number of aromatic nitrogens is 1. The van der Waals surface area contributed by atoms with Crippen molar-refractivity contribution in [3.63, 3.8) is 0 Å². The first-order valence-corrected chi connectivity index (χ1v) is 13.0. The molecule has 1 saturated heterocycles. The SMILES string of the molecule is CC(=N)n1cc(F)c(CC(C)CN2CC3(CC(Cc4ccc(Cl)c(C=O)c4C=N)C3)C2)cc1=N.CNC. The Bertz CT molecular complexity index is 1210. The Balaban J connectivity index is 0.00000121. The molecule has 1 aliphatic heterocycles. The van der Waals surface area contributed by atoms with Crippen molar-refractivity contribution >= 4 is 29.9 Å². The van der Waals surface area contributed by atoms with Crippen LogP contribution in [0.2, 0.25) is 5.02 Å². The van der Waals surface area contributed by atoms with E-state index in [9.17, 15) is 9.18 Å². The summed E-state index contributed by atoms with van der Waals surface area (Å²) < 4.78 is 15.7. The minimum Gasteiger partial charge on any atom is -0.323 e. The van der Waals surface area contributed by atoms with Crippen molar-refractivity contribution < 1.29 is 9.18 Å². The van der Waals surface area contributed by atoms with Crippen LogP contribution in [0.3, 0.4) is 0 Å². The lowest BCUT2D eigenvalue weighted by molar-refractivity contribution is -0.0980. The van der Waals surface area contributed by atoms with Gasteiger partial charge in [0.15, 0.2) is 6.29 Å². The van der Waals surface area contributed by atoms with E-state index in [1.807, 2.05) is 20.2 Å². The monoisotopic (exact) mass is 528 g/mol. The first-order chi connectivity index (χ1) is 17.6. The Morgan fingerprint density at radius 3 is 2.49 bits per heavy atom. The van der Waals surface area contributed by atoms with Gasteiger partial charge in [0.2, 0.25) is 0 Å². The molecule has 1 spiro atoms. The average molecular weight is 529 g/mol. The number of pyridine rings is 1. The zero-order chi connectivity index (χ0) is 27.3. The van der Waals surface area contributed by atoms with Gasteiger partial charge in [0.25, 0.3) is 0 Å². The number of carbonyl (C=O) groups excluding carboxylic acids is 1. The van der Waals surface area contributed by atoms with Crippen LogP contribution in [0.15, 0.2) is 24.4 Å². The maximum atomic E-state index is 14.5. The molecule has 1 saturated carbocycles. The first-order valence-electron chi connectivity index (χ1n) is 12.7. The van der Waals surface area contributed by atoms with Crippen LogP contribution in [-0.4, -0.2) is 61.5 Å². The van der Waals surface area contributed by atoms with Crippen LogP contribution in [0.1, 0.15) is 53.7 Å². The molecule has 2 aromatic rings. The van der Waals surface area contributed by atoms with Crippen molar-refractivity contribution in [1.82, 2.24) is 14.8 Å². The molecule has 2 aliphatic rings. The second kappa shape index (κ2) is 12.2. The quantitative estimate of drug-likeness (QED) is 0.232. The molecule has 0 amide bonds. The smallest absolute Gasteiger partial charge is 0.152 e. The van der Waals surface area contributed by atoms with E-state index < -0.39 is 0 Å². The van der Waals surface area contributed by atoms with Gasteiger partial charge in [0.05, 0.1) is 5.02 Å². The Labute approximate surface area is 223 Å². The van der Waals surface area contributed by atoms with Gasteiger partial charge in [-0.3, -0.25) is 20.2 Å². The summed E-state index contributed by atoms with van der Waals surface area (Å²) in [6, 6.07) is 5.22. The van der Waals surface area contributed by atoms with Crippen LogP contribution in [0.25, 0.3) is 0 Å². The van der Waals surface area contributed by atoms with Crippen molar-refractivity contribution in [3.8, 4) is 0 Å². The van der Waals surface area contributed by atoms with E-state index in [0.29, 0.717) is 39.5 Å². The summed E-state index contributed by atoms with van der Waals surface area (Å²) in [5.74, 6) is 0.588.